The van der Waals surface area contributed by atoms with Crippen molar-refractivity contribution in [3.8, 4) is 5.75 Å². The van der Waals surface area contributed by atoms with Crippen molar-refractivity contribution in [3.05, 3.63) is 28.3 Å². The Morgan fingerprint density at radius 3 is 2.67 bits per heavy atom. The Kier molecular flexibility index (Phi) is 5.65. The van der Waals surface area contributed by atoms with Crippen molar-refractivity contribution in [2.24, 2.45) is 11.8 Å². The topological polar surface area (TPSA) is 38.3 Å². The molecular formula is C17H24ClNO2. The smallest absolute Gasteiger partial charge is 0.169 e. The number of benzene rings is 1. The molecule has 21 heavy (non-hydrogen) atoms. The van der Waals surface area contributed by atoms with Gasteiger partial charge in [-0.2, -0.15) is 0 Å². The molecule has 1 saturated heterocycles. The zero-order chi connectivity index (χ0) is 15.4. The van der Waals surface area contributed by atoms with E-state index in [1.54, 1.807) is 6.07 Å². The average Bonchev–Trinajstić information content (AvgIpc) is 2.48. The third-order valence-corrected chi connectivity index (χ3v) is 4.22. The summed E-state index contributed by atoms with van der Waals surface area (Å²) in [5.74, 6) is 1.33. The first kappa shape index (κ1) is 16.3. The molecule has 1 N–H and O–H groups in total. The molecule has 4 heteroatoms. The van der Waals surface area contributed by atoms with Crippen LogP contribution in [0.1, 0.15) is 42.6 Å². The molecule has 2 rings (SSSR count). The highest BCUT2D eigenvalue weighted by atomic mass is 35.5. The third kappa shape index (κ3) is 4.21. The predicted molar refractivity (Wildman–Crippen MR) is 86.4 cm³/mol. The van der Waals surface area contributed by atoms with Gasteiger partial charge in [0.25, 0.3) is 0 Å². The third-order valence-electron chi connectivity index (χ3n) is 3.81. The molecule has 1 aliphatic heterocycles. The minimum atomic E-state index is 0.0754. The number of piperidine rings is 1. The number of ether oxygens (including phenoxy) is 1. The van der Waals surface area contributed by atoms with Gasteiger partial charge in [-0.15, -0.1) is 0 Å². The number of hydrogen-bond donors (Lipinski definition) is 1. The number of halogens is 1. The van der Waals surface area contributed by atoms with Crippen molar-refractivity contribution in [2.45, 2.75) is 33.6 Å². The Morgan fingerprint density at radius 1 is 1.38 bits per heavy atom. The highest BCUT2D eigenvalue weighted by molar-refractivity contribution is 6.31. The summed E-state index contributed by atoms with van der Waals surface area (Å²) in [5, 5.41) is 3.92. The van der Waals surface area contributed by atoms with Crippen LogP contribution in [0.15, 0.2) is 12.1 Å². The largest absolute Gasteiger partial charge is 0.493 e. The van der Waals surface area contributed by atoms with Crippen LogP contribution in [0.2, 0.25) is 5.02 Å². The molecule has 0 aromatic heterocycles. The van der Waals surface area contributed by atoms with Crippen molar-refractivity contribution in [3.63, 3.8) is 0 Å². The van der Waals surface area contributed by atoms with Crippen LogP contribution >= 0.6 is 11.6 Å². The minimum absolute atomic E-state index is 0.0754. The maximum absolute atomic E-state index is 12.8. The van der Waals surface area contributed by atoms with E-state index in [0.29, 0.717) is 28.9 Å². The molecule has 0 saturated carbocycles. The monoisotopic (exact) mass is 309 g/mol. The molecule has 0 atom stereocenters. The predicted octanol–water partition coefficient (Wildman–Crippen LogP) is 3.87. The number of ketones is 1. The summed E-state index contributed by atoms with van der Waals surface area (Å²) < 4.78 is 5.85. The normalized spacial score (nSPS) is 16.2. The van der Waals surface area contributed by atoms with E-state index in [2.05, 4.69) is 19.2 Å². The van der Waals surface area contributed by atoms with Crippen LogP contribution in [0.4, 0.5) is 0 Å². The zero-order valence-corrected chi connectivity index (χ0v) is 13.8. The number of hydrogen-bond acceptors (Lipinski definition) is 3. The van der Waals surface area contributed by atoms with Gasteiger partial charge < -0.3 is 10.1 Å². The molecule has 3 nitrogen and oxygen atoms in total. The first-order valence-electron chi connectivity index (χ1n) is 7.67. The number of carbonyl (C=O) groups is 1. The average molecular weight is 310 g/mol. The molecule has 0 amide bonds. The van der Waals surface area contributed by atoms with E-state index in [4.69, 9.17) is 16.3 Å². The van der Waals surface area contributed by atoms with Crippen LogP contribution in [0.5, 0.6) is 5.75 Å². The Morgan fingerprint density at radius 2 is 2.05 bits per heavy atom. The number of nitrogens with one attached hydrogen (secondary N) is 1. The molecule has 0 spiro atoms. The van der Waals surface area contributed by atoms with Gasteiger partial charge in [-0.05, 0) is 56.5 Å². The van der Waals surface area contributed by atoms with E-state index >= 15 is 0 Å². The van der Waals surface area contributed by atoms with Gasteiger partial charge in [0.15, 0.2) is 5.78 Å². The number of aryl methyl sites for hydroxylation is 1. The van der Waals surface area contributed by atoms with Gasteiger partial charge in [0.2, 0.25) is 0 Å². The van der Waals surface area contributed by atoms with Crippen molar-refractivity contribution in [1.29, 1.82) is 0 Å². The molecule has 1 aromatic rings. The van der Waals surface area contributed by atoms with Gasteiger partial charge in [-0.3, -0.25) is 4.79 Å². The zero-order valence-electron chi connectivity index (χ0n) is 13.0. The van der Waals surface area contributed by atoms with Gasteiger partial charge in [0, 0.05) is 10.9 Å². The lowest BCUT2D eigenvalue weighted by Gasteiger charge is -2.23. The van der Waals surface area contributed by atoms with Crippen molar-refractivity contribution in [2.75, 3.05) is 19.7 Å². The maximum Gasteiger partial charge on any atom is 0.169 e. The van der Waals surface area contributed by atoms with Crippen LogP contribution in [0.3, 0.4) is 0 Å². The summed E-state index contributed by atoms with van der Waals surface area (Å²) >= 11 is 6.21. The van der Waals surface area contributed by atoms with Gasteiger partial charge in [-0.25, -0.2) is 0 Å². The highest BCUT2D eigenvalue weighted by Crippen LogP contribution is 2.31. The summed E-state index contributed by atoms with van der Waals surface area (Å²) in [6.45, 7) is 8.53. The van der Waals surface area contributed by atoms with E-state index in [1.165, 1.54) is 0 Å². The van der Waals surface area contributed by atoms with E-state index < -0.39 is 0 Å². The SMILES string of the molecule is Cc1cc(OCC(C)C)c(C(=O)C2CCNCC2)cc1Cl. The van der Waals surface area contributed by atoms with Crippen LogP contribution in [0, 0.1) is 18.8 Å². The molecule has 116 valence electrons. The quantitative estimate of drug-likeness (QED) is 0.839. The standard InChI is InChI=1S/C17H24ClNO2/c1-11(2)10-21-16-8-12(3)15(18)9-14(16)17(20)13-4-6-19-7-5-13/h8-9,11,13,19H,4-7,10H2,1-3H3. The Bertz CT molecular complexity index is 508. The van der Waals surface area contributed by atoms with Crippen molar-refractivity contribution < 1.29 is 9.53 Å². The molecule has 0 radical (unpaired) electrons. The Labute approximate surface area is 132 Å². The molecule has 0 bridgehead atoms. The minimum Gasteiger partial charge on any atom is -0.493 e. The molecule has 0 unspecified atom stereocenters. The molecule has 1 heterocycles. The number of Topliss-reactive ketones (excluding diaryl/α,β-unsaturated/α-hetero) is 1. The highest BCUT2D eigenvalue weighted by Gasteiger charge is 2.25. The second kappa shape index (κ2) is 7.28. The van der Waals surface area contributed by atoms with Gasteiger partial charge >= 0.3 is 0 Å². The van der Waals surface area contributed by atoms with Crippen LogP contribution in [-0.2, 0) is 0 Å². The molecule has 1 aromatic carbocycles. The van der Waals surface area contributed by atoms with Gasteiger partial charge in [0.05, 0.1) is 12.2 Å². The molecule has 1 fully saturated rings. The van der Waals surface area contributed by atoms with E-state index in [1.807, 2.05) is 13.0 Å². The summed E-state index contributed by atoms with van der Waals surface area (Å²) in [6.07, 6.45) is 1.77. The summed E-state index contributed by atoms with van der Waals surface area (Å²) in [5.41, 5.74) is 1.58. The Balaban J connectivity index is 2.26. The lowest BCUT2D eigenvalue weighted by atomic mass is 9.89. The fraction of sp³-hybridized carbons (Fsp3) is 0.588. The fourth-order valence-corrected chi connectivity index (χ4v) is 2.69. The molecule has 1 aliphatic rings. The lowest BCUT2D eigenvalue weighted by Crippen LogP contribution is -2.32. The second-order valence-electron chi connectivity index (χ2n) is 6.19. The fourth-order valence-electron chi connectivity index (χ4n) is 2.53. The van der Waals surface area contributed by atoms with E-state index in [0.717, 1.165) is 31.5 Å². The van der Waals surface area contributed by atoms with E-state index in [-0.39, 0.29) is 11.7 Å². The number of rotatable bonds is 5. The van der Waals surface area contributed by atoms with Crippen LogP contribution in [-0.4, -0.2) is 25.5 Å². The van der Waals surface area contributed by atoms with Crippen LogP contribution in [0.25, 0.3) is 0 Å². The first-order valence-corrected chi connectivity index (χ1v) is 8.04. The summed E-state index contributed by atoms with van der Waals surface area (Å²) in [4.78, 5) is 12.8. The van der Waals surface area contributed by atoms with Gasteiger partial charge in [-0.1, -0.05) is 25.4 Å². The second-order valence-corrected chi connectivity index (χ2v) is 6.60. The van der Waals surface area contributed by atoms with Crippen LogP contribution < -0.4 is 10.1 Å². The summed E-state index contributed by atoms with van der Waals surface area (Å²) in [7, 11) is 0. The first-order chi connectivity index (χ1) is 9.99. The van der Waals surface area contributed by atoms with Crippen molar-refractivity contribution in [1.82, 2.24) is 5.32 Å². The molecule has 0 aliphatic carbocycles. The molecular weight excluding hydrogens is 286 g/mol. The summed E-state index contributed by atoms with van der Waals surface area (Å²) in [6, 6.07) is 3.66. The van der Waals surface area contributed by atoms with E-state index in [9.17, 15) is 4.79 Å². The van der Waals surface area contributed by atoms with Crippen molar-refractivity contribution >= 4 is 17.4 Å². The number of carbonyl (C=O) groups excluding carboxylic acids is 1. The lowest BCUT2D eigenvalue weighted by molar-refractivity contribution is 0.0890. The Hall–Kier alpha value is -1.06. The maximum atomic E-state index is 12.8. The van der Waals surface area contributed by atoms with Gasteiger partial charge in [0.1, 0.15) is 5.75 Å².